The van der Waals surface area contributed by atoms with Gasteiger partial charge in [0, 0.05) is 11.6 Å². The Bertz CT molecular complexity index is 564. The molecule has 23 heavy (non-hydrogen) atoms. The van der Waals surface area contributed by atoms with Gasteiger partial charge in [0.2, 0.25) is 0 Å². The quantitative estimate of drug-likeness (QED) is 0.863. The number of H-pyrrole nitrogens is 1. The minimum Gasteiger partial charge on any atom is -0.444 e. The first-order valence-electron chi connectivity index (χ1n) is 8.53. The molecule has 2 unspecified atom stereocenters. The van der Waals surface area contributed by atoms with Crippen LogP contribution in [0.4, 0.5) is 4.79 Å². The Balaban J connectivity index is 2.18. The first-order valence-corrected chi connectivity index (χ1v) is 8.53. The van der Waals surface area contributed by atoms with Crippen LogP contribution in [-0.4, -0.2) is 21.7 Å². The summed E-state index contributed by atoms with van der Waals surface area (Å²) in [6, 6.07) is -0.164. The minimum absolute atomic E-state index is 0.0720. The van der Waals surface area contributed by atoms with Crippen molar-refractivity contribution in [2.24, 2.45) is 5.41 Å². The lowest BCUT2D eigenvalue weighted by molar-refractivity contribution is 0.0489. The summed E-state index contributed by atoms with van der Waals surface area (Å²) < 4.78 is 5.41. The second kappa shape index (κ2) is 6.17. The molecule has 5 nitrogen and oxygen atoms in total. The number of nitrogens with zero attached hydrogens (tertiary/aromatic N) is 1. The van der Waals surface area contributed by atoms with Crippen molar-refractivity contribution in [3.8, 4) is 0 Å². The molecule has 1 heterocycles. The molecule has 5 heteroatoms. The normalized spacial score (nSPS) is 19.3. The molecule has 0 radical (unpaired) electrons. The van der Waals surface area contributed by atoms with Crippen LogP contribution >= 0.6 is 0 Å². The Morgan fingerprint density at radius 2 is 2.00 bits per heavy atom. The van der Waals surface area contributed by atoms with E-state index >= 15 is 0 Å². The Morgan fingerprint density at radius 1 is 1.35 bits per heavy atom. The third kappa shape index (κ3) is 4.98. The highest BCUT2D eigenvalue weighted by atomic mass is 16.6. The summed E-state index contributed by atoms with van der Waals surface area (Å²) in [5.41, 5.74) is 1.94. The van der Waals surface area contributed by atoms with Crippen LogP contribution in [0, 0.1) is 5.41 Å². The van der Waals surface area contributed by atoms with Crippen molar-refractivity contribution in [3.63, 3.8) is 0 Å². The van der Waals surface area contributed by atoms with Gasteiger partial charge in [-0.1, -0.05) is 27.7 Å². The van der Waals surface area contributed by atoms with Crippen LogP contribution in [0.15, 0.2) is 0 Å². The van der Waals surface area contributed by atoms with Crippen molar-refractivity contribution in [1.29, 1.82) is 0 Å². The number of ether oxygens (including phenoxy) is 1. The number of carbonyl (C=O) groups is 1. The molecule has 0 saturated heterocycles. The molecule has 130 valence electrons. The number of rotatable bonds is 3. The number of amides is 1. The first-order chi connectivity index (χ1) is 10.4. The van der Waals surface area contributed by atoms with Crippen LogP contribution in [0.25, 0.3) is 0 Å². The molecule has 2 N–H and O–H groups in total. The average Bonchev–Trinajstić information content (AvgIpc) is 2.87. The predicted molar refractivity (Wildman–Crippen MR) is 91.5 cm³/mol. The summed E-state index contributed by atoms with van der Waals surface area (Å²) in [7, 11) is 0. The van der Waals surface area contributed by atoms with Gasteiger partial charge in [0.1, 0.15) is 11.4 Å². The molecule has 1 aromatic heterocycles. The van der Waals surface area contributed by atoms with E-state index < -0.39 is 11.7 Å². The van der Waals surface area contributed by atoms with E-state index in [2.05, 4.69) is 38.0 Å². The molecular weight excluding hydrogens is 290 g/mol. The van der Waals surface area contributed by atoms with Gasteiger partial charge in [-0.05, 0) is 45.4 Å². The van der Waals surface area contributed by atoms with E-state index in [-0.39, 0.29) is 11.5 Å². The van der Waals surface area contributed by atoms with Crippen molar-refractivity contribution in [3.05, 3.63) is 17.2 Å². The maximum absolute atomic E-state index is 12.2. The van der Waals surface area contributed by atoms with E-state index in [0.29, 0.717) is 5.92 Å². The highest BCUT2D eigenvalue weighted by molar-refractivity contribution is 5.68. The van der Waals surface area contributed by atoms with E-state index in [0.717, 1.165) is 30.8 Å². The highest BCUT2D eigenvalue weighted by Crippen LogP contribution is 2.34. The maximum Gasteiger partial charge on any atom is 0.408 e. The van der Waals surface area contributed by atoms with E-state index in [1.54, 1.807) is 0 Å². The molecule has 1 aliphatic rings. The predicted octanol–water partition coefficient (Wildman–Crippen LogP) is 4.46. The number of carbonyl (C=O) groups excluding carboxylic acids is 1. The highest BCUT2D eigenvalue weighted by Gasteiger charge is 2.30. The number of aromatic nitrogens is 2. The third-order valence-electron chi connectivity index (χ3n) is 3.96. The van der Waals surface area contributed by atoms with Gasteiger partial charge < -0.3 is 15.0 Å². The molecule has 1 amide bonds. The molecule has 0 aromatic carbocycles. The molecule has 0 bridgehead atoms. The van der Waals surface area contributed by atoms with Crippen LogP contribution in [-0.2, 0) is 11.2 Å². The molecular formula is C18H31N3O2. The molecule has 0 fully saturated rings. The van der Waals surface area contributed by atoms with Gasteiger partial charge >= 0.3 is 6.09 Å². The van der Waals surface area contributed by atoms with Gasteiger partial charge in [-0.25, -0.2) is 9.78 Å². The van der Waals surface area contributed by atoms with E-state index in [9.17, 15) is 4.79 Å². The van der Waals surface area contributed by atoms with Crippen LogP contribution in [0.1, 0.15) is 90.5 Å². The SMILES string of the molecule is CC1CCc2[nH]c(C(CC(C)(C)C)NC(=O)OC(C)(C)C)nc21. The minimum atomic E-state index is -0.504. The number of hydrogen-bond acceptors (Lipinski definition) is 3. The lowest BCUT2D eigenvalue weighted by Crippen LogP contribution is -2.36. The topological polar surface area (TPSA) is 67.0 Å². The van der Waals surface area contributed by atoms with E-state index in [4.69, 9.17) is 9.72 Å². The molecule has 2 rings (SSSR count). The number of nitrogens with one attached hydrogen (secondary N) is 2. The van der Waals surface area contributed by atoms with Crippen molar-refractivity contribution in [1.82, 2.24) is 15.3 Å². The summed E-state index contributed by atoms with van der Waals surface area (Å²) in [6.45, 7) is 14.3. The number of hydrogen-bond donors (Lipinski definition) is 2. The second-order valence-electron chi connectivity index (χ2n) is 8.89. The number of imidazole rings is 1. The smallest absolute Gasteiger partial charge is 0.408 e. The maximum atomic E-state index is 12.2. The lowest BCUT2D eigenvalue weighted by atomic mass is 9.88. The third-order valence-corrected chi connectivity index (χ3v) is 3.96. The van der Waals surface area contributed by atoms with Gasteiger partial charge in [-0.15, -0.1) is 0 Å². The second-order valence-corrected chi connectivity index (χ2v) is 8.89. The number of alkyl carbamates (subject to hydrolysis) is 1. The Labute approximate surface area is 139 Å². The van der Waals surface area contributed by atoms with Gasteiger partial charge in [0.25, 0.3) is 0 Å². The summed E-state index contributed by atoms with van der Waals surface area (Å²) in [4.78, 5) is 20.4. The lowest BCUT2D eigenvalue weighted by Gasteiger charge is -2.27. The Hall–Kier alpha value is -1.52. The molecule has 0 spiro atoms. The Kier molecular flexibility index (Phi) is 4.79. The summed E-state index contributed by atoms with van der Waals surface area (Å²) in [5.74, 6) is 1.34. The number of aryl methyl sites for hydroxylation is 1. The molecule has 0 aliphatic heterocycles. The standard InChI is InChI=1S/C18H31N3O2/c1-11-8-9-12-14(11)21-15(19-12)13(10-17(2,3)4)20-16(22)23-18(5,6)7/h11,13H,8-10H2,1-7H3,(H,19,21)(H,20,22). The van der Waals surface area contributed by atoms with Crippen LogP contribution in [0.3, 0.4) is 0 Å². The average molecular weight is 321 g/mol. The molecule has 1 aliphatic carbocycles. The zero-order chi connectivity index (χ0) is 17.4. The van der Waals surface area contributed by atoms with Crippen molar-refractivity contribution in [2.75, 3.05) is 0 Å². The van der Waals surface area contributed by atoms with Crippen LogP contribution < -0.4 is 5.32 Å². The van der Waals surface area contributed by atoms with Crippen molar-refractivity contribution >= 4 is 6.09 Å². The number of aromatic amines is 1. The van der Waals surface area contributed by atoms with Gasteiger partial charge in [0.15, 0.2) is 0 Å². The monoisotopic (exact) mass is 321 g/mol. The zero-order valence-electron chi connectivity index (χ0n) is 15.5. The van der Waals surface area contributed by atoms with Crippen molar-refractivity contribution in [2.45, 2.75) is 85.3 Å². The van der Waals surface area contributed by atoms with E-state index in [1.165, 1.54) is 5.69 Å². The van der Waals surface area contributed by atoms with Gasteiger partial charge in [0.05, 0.1) is 11.7 Å². The number of fused-ring (bicyclic) bond motifs is 1. The zero-order valence-corrected chi connectivity index (χ0v) is 15.5. The van der Waals surface area contributed by atoms with Crippen molar-refractivity contribution < 1.29 is 9.53 Å². The summed E-state index contributed by atoms with van der Waals surface area (Å²) in [6.07, 6.45) is 2.60. The fraction of sp³-hybridized carbons (Fsp3) is 0.778. The first kappa shape index (κ1) is 17.8. The Morgan fingerprint density at radius 3 is 2.52 bits per heavy atom. The fourth-order valence-electron chi connectivity index (χ4n) is 2.98. The fourth-order valence-corrected chi connectivity index (χ4v) is 2.98. The summed E-state index contributed by atoms with van der Waals surface area (Å²) >= 11 is 0. The van der Waals surface area contributed by atoms with Gasteiger partial charge in [-0.2, -0.15) is 0 Å². The summed E-state index contributed by atoms with van der Waals surface area (Å²) in [5, 5.41) is 3.00. The van der Waals surface area contributed by atoms with Crippen LogP contribution in [0.2, 0.25) is 0 Å². The van der Waals surface area contributed by atoms with Gasteiger partial charge in [-0.3, -0.25) is 0 Å². The molecule has 1 aromatic rings. The molecule has 0 saturated carbocycles. The van der Waals surface area contributed by atoms with E-state index in [1.807, 2.05) is 20.8 Å². The molecule has 2 atom stereocenters. The van der Waals surface area contributed by atoms with Crippen LogP contribution in [0.5, 0.6) is 0 Å². The largest absolute Gasteiger partial charge is 0.444 e.